The average molecular weight is 348 g/mol. The molecule has 0 spiro atoms. The predicted octanol–water partition coefficient (Wildman–Crippen LogP) is 1.65. The number of carbonyl (C=O) groups excluding carboxylic acids is 1. The molecule has 0 saturated heterocycles. The number of hydrogen-bond acceptors (Lipinski definition) is 8. The third kappa shape index (κ3) is 3.65. The van der Waals surface area contributed by atoms with E-state index in [4.69, 9.17) is 14.6 Å². The Balaban J connectivity index is 1.79. The molecule has 3 rings (SSSR count). The average Bonchev–Trinajstić information content (AvgIpc) is 3.30. The Labute approximate surface area is 141 Å². The van der Waals surface area contributed by atoms with Crippen molar-refractivity contribution in [1.29, 1.82) is 0 Å². The first-order chi connectivity index (χ1) is 11.7. The van der Waals surface area contributed by atoms with E-state index in [-0.39, 0.29) is 6.42 Å². The molecule has 3 heterocycles. The van der Waals surface area contributed by atoms with Gasteiger partial charge in [-0.15, -0.1) is 20.4 Å². The van der Waals surface area contributed by atoms with E-state index < -0.39 is 5.91 Å². The maximum absolute atomic E-state index is 11.1. The molecule has 10 heteroatoms. The molecule has 0 aliphatic carbocycles. The van der Waals surface area contributed by atoms with Crippen LogP contribution < -0.4 is 5.73 Å². The Morgan fingerprint density at radius 2 is 2.12 bits per heavy atom. The summed E-state index contributed by atoms with van der Waals surface area (Å²) in [4.78, 5) is 11.1. The number of carbonyl (C=O) groups is 1. The molecule has 0 radical (unpaired) electrons. The minimum atomic E-state index is -0.394. The minimum absolute atomic E-state index is 0.180. The lowest BCUT2D eigenvalue weighted by atomic mass is 10.3. The second kappa shape index (κ2) is 7.30. The molecule has 1 amide bonds. The van der Waals surface area contributed by atoms with Crippen LogP contribution in [0, 0.1) is 0 Å². The first-order valence-electron chi connectivity index (χ1n) is 7.36. The molecule has 0 aliphatic heterocycles. The summed E-state index contributed by atoms with van der Waals surface area (Å²) in [6.45, 7) is 2.31. The molecule has 0 aliphatic rings. The van der Waals surface area contributed by atoms with Gasteiger partial charge in [-0.1, -0.05) is 18.7 Å². The number of nitrogens with zero attached hydrogens (tertiary/aromatic N) is 5. The van der Waals surface area contributed by atoms with Crippen molar-refractivity contribution in [1.82, 2.24) is 25.0 Å². The van der Waals surface area contributed by atoms with E-state index in [9.17, 15) is 4.79 Å². The van der Waals surface area contributed by atoms with Crippen molar-refractivity contribution in [2.45, 2.75) is 37.2 Å². The smallest absolute Gasteiger partial charge is 0.226 e. The topological polar surface area (TPSA) is 126 Å². The summed E-state index contributed by atoms with van der Waals surface area (Å²) in [6.07, 6.45) is 2.43. The van der Waals surface area contributed by atoms with Crippen LogP contribution >= 0.6 is 11.8 Å². The Kier molecular flexibility index (Phi) is 4.94. The lowest BCUT2D eigenvalue weighted by Gasteiger charge is -2.07. The van der Waals surface area contributed by atoms with Crippen LogP contribution in [-0.2, 0) is 23.5 Å². The molecule has 2 N–H and O–H groups in total. The molecule has 0 unspecified atom stereocenters. The molecule has 9 nitrogen and oxygen atoms in total. The van der Waals surface area contributed by atoms with Gasteiger partial charge in [0, 0.05) is 19.4 Å². The molecular formula is C14H16N6O3S. The number of aromatic nitrogens is 5. The second-order valence-electron chi connectivity index (χ2n) is 4.88. The highest BCUT2D eigenvalue weighted by molar-refractivity contribution is 7.98. The molecular weight excluding hydrogens is 332 g/mol. The van der Waals surface area contributed by atoms with E-state index in [1.165, 1.54) is 11.8 Å². The molecule has 24 heavy (non-hydrogen) atoms. The summed E-state index contributed by atoms with van der Waals surface area (Å²) in [5.41, 5.74) is 5.25. The monoisotopic (exact) mass is 348 g/mol. The van der Waals surface area contributed by atoms with E-state index in [2.05, 4.69) is 20.4 Å². The summed E-state index contributed by atoms with van der Waals surface area (Å²) in [6, 6.07) is 3.55. The Bertz CT molecular complexity index is 810. The zero-order valence-electron chi connectivity index (χ0n) is 13.0. The number of nitrogens with two attached hydrogens (primary N) is 1. The molecule has 0 bridgehead atoms. The summed E-state index contributed by atoms with van der Waals surface area (Å²) < 4.78 is 12.6. The van der Waals surface area contributed by atoms with Gasteiger partial charge in [0.15, 0.2) is 16.7 Å². The van der Waals surface area contributed by atoms with Crippen LogP contribution in [0.3, 0.4) is 0 Å². The van der Waals surface area contributed by atoms with Gasteiger partial charge in [0.25, 0.3) is 0 Å². The SMILES string of the molecule is CCc1nnc(CSc2nnc(-c3ccco3)n2CCC(N)=O)o1. The standard InChI is InChI=1S/C14H16N6O3S/c1-2-11-16-17-12(23-11)8-24-14-19-18-13(9-4-3-7-22-9)20(14)6-5-10(15)21/h3-4,7H,2,5-6,8H2,1H3,(H2,15,21). The Hall–Kier alpha value is -2.62. The molecule has 0 fully saturated rings. The fraction of sp³-hybridized carbons (Fsp3) is 0.357. The van der Waals surface area contributed by atoms with Gasteiger partial charge in [0.05, 0.1) is 12.0 Å². The highest BCUT2D eigenvalue weighted by Gasteiger charge is 2.18. The Morgan fingerprint density at radius 3 is 2.79 bits per heavy atom. The van der Waals surface area contributed by atoms with Crippen LogP contribution in [0.25, 0.3) is 11.6 Å². The normalized spacial score (nSPS) is 11.0. The van der Waals surface area contributed by atoms with E-state index in [0.29, 0.717) is 47.2 Å². The fourth-order valence-electron chi connectivity index (χ4n) is 2.02. The third-order valence-electron chi connectivity index (χ3n) is 3.18. The van der Waals surface area contributed by atoms with Gasteiger partial charge in [-0.3, -0.25) is 9.36 Å². The zero-order valence-corrected chi connectivity index (χ0v) is 13.8. The van der Waals surface area contributed by atoms with Gasteiger partial charge >= 0.3 is 0 Å². The lowest BCUT2D eigenvalue weighted by Crippen LogP contribution is -2.15. The van der Waals surface area contributed by atoms with Crippen molar-refractivity contribution in [3.8, 4) is 11.6 Å². The minimum Gasteiger partial charge on any atom is -0.461 e. The fourth-order valence-corrected chi connectivity index (χ4v) is 2.82. The van der Waals surface area contributed by atoms with Crippen LogP contribution in [-0.4, -0.2) is 30.9 Å². The van der Waals surface area contributed by atoms with E-state index >= 15 is 0 Å². The number of furan rings is 1. The number of rotatable bonds is 8. The van der Waals surface area contributed by atoms with E-state index in [1.807, 2.05) is 6.92 Å². The van der Waals surface area contributed by atoms with Gasteiger partial charge in [-0.2, -0.15) is 0 Å². The molecule has 0 atom stereocenters. The highest BCUT2D eigenvalue weighted by atomic mass is 32.2. The summed E-state index contributed by atoms with van der Waals surface area (Å²) in [5.74, 6) is 2.29. The number of aryl methyl sites for hydroxylation is 1. The van der Waals surface area contributed by atoms with Gasteiger partial charge in [0.1, 0.15) is 0 Å². The van der Waals surface area contributed by atoms with Gasteiger partial charge in [-0.05, 0) is 12.1 Å². The molecule has 0 saturated carbocycles. The maximum atomic E-state index is 11.1. The summed E-state index contributed by atoms with van der Waals surface area (Å²) in [5, 5.41) is 16.8. The van der Waals surface area contributed by atoms with Crippen LogP contribution in [0.2, 0.25) is 0 Å². The van der Waals surface area contributed by atoms with Crippen molar-refractivity contribution < 1.29 is 13.6 Å². The van der Waals surface area contributed by atoms with Crippen LogP contribution in [0.1, 0.15) is 25.1 Å². The molecule has 0 aromatic carbocycles. The highest BCUT2D eigenvalue weighted by Crippen LogP contribution is 2.26. The van der Waals surface area contributed by atoms with Crippen LogP contribution in [0.5, 0.6) is 0 Å². The first kappa shape index (κ1) is 16.2. The quantitative estimate of drug-likeness (QED) is 0.609. The summed E-state index contributed by atoms with van der Waals surface area (Å²) >= 11 is 1.39. The first-order valence-corrected chi connectivity index (χ1v) is 8.35. The number of hydrogen-bond donors (Lipinski definition) is 1. The third-order valence-corrected chi connectivity index (χ3v) is 4.13. The van der Waals surface area contributed by atoms with Crippen molar-refractivity contribution in [3.63, 3.8) is 0 Å². The Morgan fingerprint density at radius 1 is 1.29 bits per heavy atom. The van der Waals surface area contributed by atoms with Crippen LogP contribution in [0.15, 0.2) is 32.4 Å². The molecule has 3 aromatic heterocycles. The summed E-state index contributed by atoms with van der Waals surface area (Å²) in [7, 11) is 0. The van der Waals surface area contributed by atoms with Gasteiger partial charge < -0.3 is 14.6 Å². The van der Waals surface area contributed by atoms with Crippen molar-refractivity contribution in [3.05, 3.63) is 30.2 Å². The lowest BCUT2D eigenvalue weighted by molar-refractivity contribution is -0.118. The number of thioether (sulfide) groups is 1. The zero-order chi connectivity index (χ0) is 16.9. The number of primary amides is 1. The van der Waals surface area contributed by atoms with Crippen molar-refractivity contribution >= 4 is 17.7 Å². The van der Waals surface area contributed by atoms with E-state index in [0.717, 1.165) is 0 Å². The van der Waals surface area contributed by atoms with Crippen molar-refractivity contribution in [2.75, 3.05) is 0 Å². The second-order valence-corrected chi connectivity index (χ2v) is 5.83. The van der Waals surface area contributed by atoms with Gasteiger partial charge in [-0.25, -0.2) is 0 Å². The predicted molar refractivity (Wildman–Crippen MR) is 84.8 cm³/mol. The van der Waals surface area contributed by atoms with Crippen LogP contribution in [0.4, 0.5) is 0 Å². The number of amides is 1. The van der Waals surface area contributed by atoms with E-state index in [1.54, 1.807) is 23.0 Å². The van der Waals surface area contributed by atoms with Crippen molar-refractivity contribution in [2.24, 2.45) is 5.73 Å². The largest absolute Gasteiger partial charge is 0.461 e. The molecule has 126 valence electrons. The molecule has 3 aromatic rings. The maximum Gasteiger partial charge on any atom is 0.226 e. The van der Waals surface area contributed by atoms with Gasteiger partial charge in [0.2, 0.25) is 17.7 Å².